The van der Waals surface area contributed by atoms with Crippen molar-refractivity contribution in [1.29, 1.82) is 0 Å². The number of ketones is 1. The normalized spacial score (nSPS) is 18.1. The van der Waals surface area contributed by atoms with Crippen molar-refractivity contribution in [3.8, 4) is 11.5 Å². The number of amides is 1. The van der Waals surface area contributed by atoms with Crippen LogP contribution in [-0.4, -0.2) is 63.2 Å². The van der Waals surface area contributed by atoms with Crippen LogP contribution < -0.4 is 15.4 Å². The van der Waals surface area contributed by atoms with E-state index in [1.54, 1.807) is 30.5 Å². The molecule has 196 valence electrons. The zero-order chi connectivity index (χ0) is 26.5. The minimum absolute atomic E-state index is 0.0240. The predicted octanol–water partition coefficient (Wildman–Crippen LogP) is 3.44. The largest absolute Gasteiger partial charge is 0.457 e. The molecule has 1 amide bonds. The van der Waals surface area contributed by atoms with Crippen LogP contribution in [0.1, 0.15) is 35.7 Å². The van der Waals surface area contributed by atoms with Crippen molar-refractivity contribution in [2.45, 2.75) is 38.0 Å². The molecule has 0 saturated carbocycles. The summed E-state index contributed by atoms with van der Waals surface area (Å²) >= 11 is 0. The highest BCUT2D eigenvalue weighted by atomic mass is 16.5. The van der Waals surface area contributed by atoms with E-state index in [1.165, 1.54) is 13.3 Å². The zero-order valence-corrected chi connectivity index (χ0v) is 20.9. The van der Waals surface area contributed by atoms with E-state index in [4.69, 9.17) is 9.47 Å². The van der Waals surface area contributed by atoms with E-state index in [9.17, 15) is 14.7 Å². The Morgan fingerprint density at radius 1 is 1.11 bits per heavy atom. The quantitative estimate of drug-likeness (QED) is 0.249. The first kappa shape index (κ1) is 25.4. The first-order valence-electron chi connectivity index (χ1n) is 12.5. The Morgan fingerprint density at radius 3 is 2.58 bits per heavy atom. The molecule has 10 heteroatoms. The number of anilines is 1. The van der Waals surface area contributed by atoms with Gasteiger partial charge in [-0.3, -0.25) is 9.59 Å². The van der Waals surface area contributed by atoms with Gasteiger partial charge in [-0.25, -0.2) is 9.97 Å². The molecular formula is C28H29N5O5. The van der Waals surface area contributed by atoms with Gasteiger partial charge in [0.1, 0.15) is 35.4 Å². The van der Waals surface area contributed by atoms with Gasteiger partial charge < -0.3 is 30.2 Å². The molecule has 4 N–H and O–H groups in total. The van der Waals surface area contributed by atoms with Crippen molar-refractivity contribution in [2.75, 3.05) is 18.5 Å². The molecule has 3 atom stereocenters. The zero-order valence-electron chi connectivity index (χ0n) is 20.9. The van der Waals surface area contributed by atoms with Gasteiger partial charge in [-0.05, 0) is 56.2 Å². The lowest BCUT2D eigenvalue weighted by Crippen LogP contribution is -2.43. The highest BCUT2D eigenvalue weighted by Crippen LogP contribution is 2.28. The van der Waals surface area contributed by atoms with Crippen LogP contribution in [-0.2, 0) is 9.53 Å². The van der Waals surface area contributed by atoms with Crippen LogP contribution in [0.5, 0.6) is 11.5 Å². The first-order chi connectivity index (χ1) is 18.5. The maximum absolute atomic E-state index is 13.4. The number of nitrogens with one attached hydrogen (secondary N) is 3. The number of aromatic amines is 1. The van der Waals surface area contributed by atoms with Crippen molar-refractivity contribution in [1.82, 2.24) is 20.3 Å². The number of carbonyl (C=O) groups is 2. The maximum Gasteiger partial charge on any atom is 0.248 e. The van der Waals surface area contributed by atoms with Crippen LogP contribution in [0.25, 0.3) is 11.0 Å². The van der Waals surface area contributed by atoms with E-state index in [2.05, 4.69) is 25.6 Å². The number of carbonyl (C=O) groups excluding carboxylic acids is 2. The SMILES string of the molecule is C[C@H](O)C(=O)NC[C@@H]1CC[C@@H](Nc2ncnc3[nH]cc(C(=O)c4ccc(Oc5ccccc5)cc4)c23)CO1. The van der Waals surface area contributed by atoms with E-state index in [0.717, 1.165) is 18.6 Å². The van der Waals surface area contributed by atoms with E-state index in [-0.39, 0.29) is 17.9 Å². The Labute approximate surface area is 219 Å². The smallest absolute Gasteiger partial charge is 0.248 e. The average Bonchev–Trinajstić information content (AvgIpc) is 3.38. The number of hydrogen-bond donors (Lipinski definition) is 4. The van der Waals surface area contributed by atoms with Crippen molar-refractivity contribution in [2.24, 2.45) is 0 Å². The lowest BCUT2D eigenvalue weighted by molar-refractivity contribution is -0.129. The van der Waals surface area contributed by atoms with Crippen molar-refractivity contribution < 1.29 is 24.2 Å². The Kier molecular flexibility index (Phi) is 7.62. The van der Waals surface area contributed by atoms with Gasteiger partial charge in [0.05, 0.1) is 29.7 Å². The van der Waals surface area contributed by atoms with E-state index < -0.39 is 12.0 Å². The van der Waals surface area contributed by atoms with Gasteiger partial charge in [0.15, 0.2) is 5.78 Å². The number of aliphatic hydroxyl groups excluding tert-OH is 1. The third kappa shape index (κ3) is 5.82. The lowest BCUT2D eigenvalue weighted by Gasteiger charge is -2.30. The number of para-hydroxylation sites is 1. The molecule has 1 aliphatic rings. The Morgan fingerprint density at radius 2 is 1.87 bits per heavy atom. The number of rotatable bonds is 9. The van der Waals surface area contributed by atoms with E-state index in [1.807, 2.05) is 30.3 Å². The fourth-order valence-electron chi connectivity index (χ4n) is 4.34. The van der Waals surface area contributed by atoms with Crippen LogP contribution in [0.15, 0.2) is 67.1 Å². The predicted molar refractivity (Wildman–Crippen MR) is 141 cm³/mol. The summed E-state index contributed by atoms with van der Waals surface area (Å²) in [4.78, 5) is 36.8. The van der Waals surface area contributed by atoms with Crippen molar-refractivity contribution in [3.63, 3.8) is 0 Å². The molecule has 4 aromatic rings. The molecular weight excluding hydrogens is 486 g/mol. The van der Waals surface area contributed by atoms with E-state index >= 15 is 0 Å². The highest BCUT2D eigenvalue weighted by Gasteiger charge is 2.25. The molecule has 1 saturated heterocycles. The first-order valence-corrected chi connectivity index (χ1v) is 12.5. The fourth-order valence-corrected chi connectivity index (χ4v) is 4.34. The van der Waals surface area contributed by atoms with E-state index in [0.29, 0.717) is 46.9 Å². The number of aromatic nitrogens is 3. The number of H-pyrrole nitrogens is 1. The van der Waals surface area contributed by atoms with Crippen LogP contribution in [0.2, 0.25) is 0 Å². The standard InChI is InChI=1S/C28H29N5O5/c1-17(34)28(36)30-13-22-12-9-19(15-37-22)33-27-24-23(14-29-26(24)31-16-32-27)25(35)18-7-10-21(11-8-18)38-20-5-3-2-4-6-20/h2-8,10-11,14,16-17,19,22,34H,9,12-13,15H2,1H3,(H,30,36)(H2,29,31,32,33)/t17-,19+,22-/m0/s1. The molecule has 1 aliphatic heterocycles. The monoisotopic (exact) mass is 515 g/mol. The molecule has 2 aromatic carbocycles. The van der Waals surface area contributed by atoms with Crippen LogP contribution in [0, 0.1) is 0 Å². The molecule has 0 unspecified atom stereocenters. The average molecular weight is 516 g/mol. The van der Waals surface area contributed by atoms with Gasteiger partial charge in [0.2, 0.25) is 5.91 Å². The fraction of sp³-hybridized carbons (Fsp3) is 0.286. The second kappa shape index (κ2) is 11.4. The van der Waals surface area contributed by atoms with Crippen LogP contribution >= 0.6 is 0 Å². The van der Waals surface area contributed by atoms with Gasteiger partial charge >= 0.3 is 0 Å². The number of nitrogens with zero attached hydrogens (tertiary/aromatic N) is 2. The van der Waals surface area contributed by atoms with Gasteiger partial charge in [0.25, 0.3) is 0 Å². The topological polar surface area (TPSA) is 138 Å². The molecule has 0 aliphatic carbocycles. The molecule has 10 nitrogen and oxygen atoms in total. The third-order valence-corrected chi connectivity index (χ3v) is 6.40. The summed E-state index contributed by atoms with van der Waals surface area (Å²) in [6.45, 7) is 2.19. The molecule has 5 rings (SSSR count). The summed E-state index contributed by atoms with van der Waals surface area (Å²) < 4.78 is 11.7. The number of hydrogen-bond acceptors (Lipinski definition) is 8. The minimum Gasteiger partial charge on any atom is -0.457 e. The summed E-state index contributed by atoms with van der Waals surface area (Å²) in [6.07, 6.45) is 3.44. The summed E-state index contributed by atoms with van der Waals surface area (Å²) in [5, 5.41) is 16.0. The maximum atomic E-state index is 13.4. The Bertz CT molecular complexity index is 1400. The highest BCUT2D eigenvalue weighted by molar-refractivity contribution is 6.18. The molecule has 2 aromatic heterocycles. The van der Waals surface area contributed by atoms with Crippen molar-refractivity contribution in [3.05, 3.63) is 78.2 Å². The van der Waals surface area contributed by atoms with Gasteiger partial charge in [-0.2, -0.15) is 0 Å². The minimum atomic E-state index is -1.05. The summed E-state index contributed by atoms with van der Waals surface area (Å²) in [6, 6.07) is 16.4. The van der Waals surface area contributed by atoms with Gasteiger partial charge in [-0.15, -0.1) is 0 Å². The van der Waals surface area contributed by atoms with Crippen molar-refractivity contribution >= 4 is 28.5 Å². The van der Waals surface area contributed by atoms with Gasteiger partial charge in [-0.1, -0.05) is 18.2 Å². The van der Waals surface area contributed by atoms with Crippen LogP contribution in [0.3, 0.4) is 0 Å². The van der Waals surface area contributed by atoms with Gasteiger partial charge in [0, 0.05) is 18.3 Å². The van der Waals surface area contributed by atoms with Crippen LogP contribution in [0.4, 0.5) is 5.82 Å². The number of ether oxygens (including phenoxy) is 2. The molecule has 38 heavy (non-hydrogen) atoms. The summed E-state index contributed by atoms with van der Waals surface area (Å²) in [7, 11) is 0. The summed E-state index contributed by atoms with van der Waals surface area (Å²) in [5.41, 5.74) is 1.55. The molecule has 0 bridgehead atoms. The summed E-state index contributed by atoms with van der Waals surface area (Å²) in [5.74, 6) is 1.34. The molecule has 0 spiro atoms. The number of fused-ring (bicyclic) bond motifs is 1. The molecule has 0 radical (unpaired) electrons. The second-order valence-corrected chi connectivity index (χ2v) is 9.21. The lowest BCUT2D eigenvalue weighted by atomic mass is 10.0. The third-order valence-electron chi connectivity index (χ3n) is 6.40. The second-order valence-electron chi connectivity index (χ2n) is 9.21. The molecule has 3 heterocycles. The Balaban J connectivity index is 1.26. The number of aliphatic hydroxyl groups is 1. The Hall–Kier alpha value is -4.28. The molecule has 1 fully saturated rings. The number of benzene rings is 2.